The molecule has 3 aromatic carbocycles. The second-order valence-corrected chi connectivity index (χ2v) is 10.3. The molecule has 3 nitrogen and oxygen atoms in total. The monoisotopic (exact) mass is 477 g/mol. The van der Waals surface area contributed by atoms with Crippen molar-refractivity contribution in [3.8, 4) is 0 Å². The van der Waals surface area contributed by atoms with Crippen LogP contribution in [-0.4, -0.2) is 20.3 Å². The molecule has 0 radical (unpaired) electrons. The van der Waals surface area contributed by atoms with Gasteiger partial charge in [0.2, 0.25) is 0 Å². The van der Waals surface area contributed by atoms with Crippen LogP contribution in [-0.2, 0) is 22.7 Å². The van der Waals surface area contributed by atoms with Gasteiger partial charge in [-0.05, 0) is 79.6 Å². The fourth-order valence-corrected chi connectivity index (χ4v) is 5.81. The molecule has 0 aromatic heterocycles. The van der Waals surface area contributed by atoms with Crippen molar-refractivity contribution in [1.82, 2.24) is 0 Å². The highest BCUT2D eigenvalue weighted by atomic mass is 32.2. The summed E-state index contributed by atoms with van der Waals surface area (Å²) in [6.07, 6.45) is 1.77. The summed E-state index contributed by atoms with van der Waals surface area (Å²) in [5.74, 6) is -3.23. The van der Waals surface area contributed by atoms with Gasteiger partial charge < -0.3 is 4.90 Å². The highest BCUT2D eigenvalue weighted by Crippen LogP contribution is 2.35. The molecule has 174 valence electrons. The summed E-state index contributed by atoms with van der Waals surface area (Å²) >= 11 is 0. The summed E-state index contributed by atoms with van der Waals surface area (Å²) in [5, 5.41) is 0. The van der Waals surface area contributed by atoms with Crippen LogP contribution in [0.5, 0.6) is 0 Å². The van der Waals surface area contributed by atoms with Gasteiger partial charge in [-0.25, -0.2) is 26.0 Å². The number of rotatable bonds is 6. The molecule has 0 N–H and O–H groups in total. The lowest BCUT2D eigenvalue weighted by Gasteiger charge is -2.39. The van der Waals surface area contributed by atoms with E-state index in [-0.39, 0.29) is 12.5 Å². The highest BCUT2D eigenvalue weighted by molar-refractivity contribution is 7.91. The minimum Gasteiger partial charge on any atom is -0.354 e. The Bertz CT molecular complexity index is 1290. The van der Waals surface area contributed by atoms with Gasteiger partial charge in [-0.1, -0.05) is 18.2 Å². The predicted octanol–water partition coefficient (Wildman–Crippen LogP) is 5.74. The van der Waals surface area contributed by atoms with Gasteiger partial charge in [0.25, 0.3) is 0 Å². The van der Waals surface area contributed by atoms with E-state index in [1.165, 1.54) is 36.4 Å². The standard InChI is InChI=1S/C25H23F4NO2S/c1-16-2-11-25(23(29)12-16)33(31,32)15-30-21(9-5-17-3-7-19(26)13-22(17)28)10-6-18-4-8-20(27)14-24(18)30/h2-4,7-8,11-14,21H,5-6,9-10,15H2,1H3. The van der Waals surface area contributed by atoms with Crippen LogP contribution in [0.2, 0.25) is 0 Å². The molecule has 0 saturated heterocycles. The van der Waals surface area contributed by atoms with E-state index in [9.17, 15) is 26.0 Å². The van der Waals surface area contributed by atoms with E-state index >= 15 is 0 Å². The van der Waals surface area contributed by atoms with Gasteiger partial charge in [0.05, 0.1) is 0 Å². The second kappa shape index (κ2) is 9.17. The molecule has 3 aromatic rings. The van der Waals surface area contributed by atoms with Crippen molar-refractivity contribution in [1.29, 1.82) is 0 Å². The Hall–Kier alpha value is -2.87. The zero-order chi connectivity index (χ0) is 23.8. The Morgan fingerprint density at radius 2 is 1.64 bits per heavy atom. The fraction of sp³-hybridized carbons (Fsp3) is 0.280. The molecule has 1 unspecified atom stereocenters. The average Bonchev–Trinajstić information content (AvgIpc) is 2.74. The molecule has 1 aliphatic rings. The second-order valence-electron chi connectivity index (χ2n) is 8.39. The SMILES string of the molecule is Cc1ccc(S(=O)(=O)CN2c3cc(F)ccc3CCC2CCc2ccc(F)cc2F)c(F)c1. The van der Waals surface area contributed by atoms with Crippen LogP contribution < -0.4 is 4.90 Å². The molecular formula is C25H23F4NO2S. The summed E-state index contributed by atoms with van der Waals surface area (Å²) in [7, 11) is -4.09. The van der Waals surface area contributed by atoms with Crippen molar-refractivity contribution < 1.29 is 26.0 Å². The van der Waals surface area contributed by atoms with E-state index in [4.69, 9.17) is 0 Å². The Balaban J connectivity index is 1.66. The molecule has 1 aliphatic heterocycles. The number of benzene rings is 3. The third kappa shape index (κ3) is 5.05. The van der Waals surface area contributed by atoms with Crippen LogP contribution in [0, 0.1) is 30.2 Å². The van der Waals surface area contributed by atoms with Crippen LogP contribution in [0.3, 0.4) is 0 Å². The molecule has 4 rings (SSSR count). The smallest absolute Gasteiger partial charge is 0.199 e. The molecule has 33 heavy (non-hydrogen) atoms. The number of nitrogens with zero attached hydrogens (tertiary/aromatic N) is 1. The number of anilines is 1. The van der Waals surface area contributed by atoms with E-state index in [1.54, 1.807) is 17.9 Å². The van der Waals surface area contributed by atoms with Crippen molar-refractivity contribution in [3.63, 3.8) is 0 Å². The number of halogens is 4. The maximum absolute atomic E-state index is 14.5. The lowest BCUT2D eigenvalue weighted by Crippen LogP contribution is -2.43. The van der Waals surface area contributed by atoms with Crippen LogP contribution in [0.1, 0.15) is 29.5 Å². The lowest BCUT2D eigenvalue weighted by atomic mass is 9.92. The molecule has 1 atom stereocenters. The number of hydrogen-bond donors (Lipinski definition) is 0. The Morgan fingerprint density at radius 3 is 2.36 bits per heavy atom. The van der Waals surface area contributed by atoms with Gasteiger partial charge in [-0.15, -0.1) is 0 Å². The highest BCUT2D eigenvalue weighted by Gasteiger charge is 2.32. The summed E-state index contributed by atoms with van der Waals surface area (Å²) in [6.45, 7) is 1.66. The van der Waals surface area contributed by atoms with Gasteiger partial charge >= 0.3 is 0 Å². The van der Waals surface area contributed by atoms with E-state index < -0.39 is 43.9 Å². The number of fused-ring (bicyclic) bond motifs is 1. The molecule has 1 heterocycles. The number of hydrogen-bond acceptors (Lipinski definition) is 3. The van der Waals surface area contributed by atoms with Crippen LogP contribution in [0.4, 0.5) is 23.2 Å². The molecule has 0 spiro atoms. The van der Waals surface area contributed by atoms with E-state index in [1.807, 2.05) is 0 Å². The van der Waals surface area contributed by atoms with E-state index in [0.717, 1.165) is 17.7 Å². The Kier molecular flexibility index (Phi) is 6.47. The molecule has 0 saturated carbocycles. The molecule has 8 heteroatoms. The van der Waals surface area contributed by atoms with Gasteiger partial charge in [-0.2, -0.15) is 0 Å². The first-order valence-corrected chi connectivity index (χ1v) is 12.3. The molecule has 0 bridgehead atoms. The van der Waals surface area contributed by atoms with Crippen molar-refractivity contribution in [2.24, 2.45) is 0 Å². The predicted molar refractivity (Wildman–Crippen MR) is 119 cm³/mol. The number of sulfone groups is 1. The first kappa shape index (κ1) is 23.3. The Morgan fingerprint density at radius 1 is 0.909 bits per heavy atom. The maximum Gasteiger partial charge on any atom is 0.199 e. The van der Waals surface area contributed by atoms with Gasteiger partial charge in [0, 0.05) is 17.8 Å². The van der Waals surface area contributed by atoms with Crippen molar-refractivity contribution in [2.75, 3.05) is 10.8 Å². The van der Waals surface area contributed by atoms with Gasteiger partial charge in [0.1, 0.15) is 34.0 Å². The maximum atomic E-state index is 14.5. The first-order chi connectivity index (χ1) is 15.6. The van der Waals surface area contributed by atoms with Crippen LogP contribution in [0.15, 0.2) is 59.5 Å². The summed E-state index contributed by atoms with van der Waals surface area (Å²) < 4.78 is 82.2. The summed E-state index contributed by atoms with van der Waals surface area (Å²) in [5.41, 5.74) is 2.13. The largest absolute Gasteiger partial charge is 0.354 e. The normalized spacial score (nSPS) is 16.0. The average molecular weight is 478 g/mol. The minimum absolute atomic E-state index is 0.247. The van der Waals surface area contributed by atoms with Crippen LogP contribution in [0.25, 0.3) is 0 Å². The van der Waals surface area contributed by atoms with Gasteiger partial charge in [-0.3, -0.25) is 0 Å². The summed E-state index contributed by atoms with van der Waals surface area (Å²) in [6, 6.07) is 11.1. The third-order valence-electron chi connectivity index (χ3n) is 6.04. The fourth-order valence-electron chi connectivity index (χ4n) is 4.32. The van der Waals surface area contributed by atoms with Crippen LogP contribution >= 0.6 is 0 Å². The molecule has 0 amide bonds. The van der Waals surface area contributed by atoms with Crippen molar-refractivity contribution >= 4 is 15.5 Å². The lowest BCUT2D eigenvalue weighted by molar-refractivity contribution is 0.495. The first-order valence-electron chi connectivity index (χ1n) is 10.6. The minimum atomic E-state index is -4.09. The quantitative estimate of drug-likeness (QED) is 0.425. The Labute approximate surface area is 190 Å². The third-order valence-corrected chi connectivity index (χ3v) is 7.66. The summed E-state index contributed by atoms with van der Waals surface area (Å²) in [4.78, 5) is 1.15. The van der Waals surface area contributed by atoms with Crippen molar-refractivity contribution in [3.05, 3.63) is 94.6 Å². The molecule has 0 aliphatic carbocycles. The zero-order valence-corrected chi connectivity index (χ0v) is 18.8. The topological polar surface area (TPSA) is 37.4 Å². The van der Waals surface area contributed by atoms with E-state index in [0.29, 0.717) is 36.1 Å². The zero-order valence-electron chi connectivity index (χ0n) is 18.0. The molecule has 0 fully saturated rings. The van der Waals surface area contributed by atoms with E-state index in [2.05, 4.69) is 0 Å². The van der Waals surface area contributed by atoms with Gasteiger partial charge in [0.15, 0.2) is 9.84 Å². The van der Waals surface area contributed by atoms with Crippen molar-refractivity contribution in [2.45, 2.75) is 43.5 Å². The number of aryl methyl sites for hydroxylation is 3. The molecular weight excluding hydrogens is 454 g/mol.